The highest BCUT2D eigenvalue weighted by Gasteiger charge is 2.15. The summed E-state index contributed by atoms with van der Waals surface area (Å²) in [5.74, 6) is 1.78. The number of hydrogen-bond donors (Lipinski definition) is 1. The highest BCUT2D eigenvalue weighted by atomic mass is 16.5. The van der Waals surface area contributed by atoms with Crippen LogP contribution in [-0.4, -0.2) is 25.1 Å². The van der Waals surface area contributed by atoms with Crippen molar-refractivity contribution >= 4 is 22.7 Å². The summed E-state index contributed by atoms with van der Waals surface area (Å²) in [5, 5.41) is 2.89. The number of carbonyl (C=O) groups is 1. The average molecular weight is 416 g/mol. The van der Waals surface area contributed by atoms with Crippen molar-refractivity contribution < 1.29 is 18.7 Å². The first-order chi connectivity index (χ1) is 15.0. The van der Waals surface area contributed by atoms with E-state index >= 15 is 0 Å². The molecule has 1 N–H and O–H groups in total. The van der Waals surface area contributed by atoms with Gasteiger partial charge in [0.15, 0.2) is 5.58 Å². The van der Waals surface area contributed by atoms with Crippen molar-refractivity contribution in [3.8, 4) is 23.0 Å². The molecule has 0 spiro atoms. The minimum atomic E-state index is -0.285. The number of ether oxygens (including phenoxy) is 2. The van der Waals surface area contributed by atoms with Crippen LogP contribution >= 0.6 is 0 Å². The number of aromatic nitrogens is 1. The number of anilines is 1. The maximum Gasteiger partial charge on any atom is 0.259 e. The third-order valence-electron chi connectivity index (χ3n) is 5.12. The molecule has 0 atom stereocenters. The molecule has 1 heterocycles. The van der Waals surface area contributed by atoms with Gasteiger partial charge in [-0.25, -0.2) is 4.98 Å². The van der Waals surface area contributed by atoms with Gasteiger partial charge in [0.1, 0.15) is 17.0 Å². The smallest absolute Gasteiger partial charge is 0.259 e. The van der Waals surface area contributed by atoms with Gasteiger partial charge in [0, 0.05) is 17.3 Å². The molecule has 0 bridgehead atoms. The summed E-state index contributed by atoms with van der Waals surface area (Å²) in [5.41, 5.74) is 4.53. The van der Waals surface area contributed by atoms with Crippen LogP contribution in [-0.2, 0) is 0 Å². The van der Waals surface area contributed by atoms with E-state index in [2.05, 4.69) is 36.3 Å². The van der Waals surface area contributed by atoms with Gasteiger partial charge in [-0.15, -0.1) is 0 Å². The molecule has 0 aliphatic rings. The van der Waals surface area contributed by atoms with Crippen LogP contribution in [0.3, 0.4) is 0 Å². The van der Waals surface area contributed by atoms with Crippen LogP contribution < -0.4 is 14.8 Å². The lowest BCUT2D eigenvalue weighted by Crippen LogP contribution is -2.13. The van der Waals surface area contributed by atoms with Crippen molar-refractivity contribution in [2.75, 3.05) is 19.5 Å². The normalized spacial score (nSPS) is 11.0. The largest absolute Gasteiger partial charge is 0.497 e. The topological polar surface area (TPSA) is 73.6 Å². The molecule has 0 unspecified atom stereocenters. The molecule has 1 amide bonds. The molecule has 6 nitrogen and oxygen atoms in total. The number of fused-ring (bicyclic) bond motifs is 1. The van der Waals surface area contributed by atoms with Gasteiger partial charge in [0.25, 0.3) is 5.91 Å². The standard InChI is InChI=1S/C25H24N2O4/c1-15(2)16-5-7-17(8-6-16)25-27-21-13-18(9-12-22(21)31-25)26-24(28)20-11-10-19(29-3)14-23(20)30-4/h5-15H,1-4H3,(H,26,28). The molecule has 4 aromatic rings. The molecule has 4 rings (SSSR count). The Bertz CT molecular complexity index is 1230. The molecule has 31 heavy (non-hydrogen) atoms. The fourth-order valence-electron chi connectivity index (χ4n) is 3.32. The van der Waals surface area contributed by atoms with E-state index in [0.717, 1.165) is 5.56 Å². The van der Waals surface area contributed by atoms with Crippen molar-refractivity contribution in [1.29, 1.82) is 0 Å². The van der Waals surface area contributed by atoms with Gasteiger partial charge in [-0.1, -0.05) is 26.0 Å². The zero-order valence-electron chi connectivity index (χ0n) is 17.9. The molecule has 0 fully saturated rings. The maximum atomic E-state index is 12.8. The van der Waals surface area contributed by atoms with Gasteiger partial charge in [-0.3, -0.25) is 4.79 Å². The Morgan fingerprint density at radius 2 is 1.74 bits per heavy atom. The molecule has 1 aromatic heterocycles. The number of hydrogen-bond acceptors (Lipinski definition) is 5. The van der Waals surface area contributed by atoms with Crippen molar-refractivity contribution in [2.45, 2.75) is 19.8 Å². The van der Waals surface area contributed by atoms with Crippen LogP contribution in [0.1, 0.15) is 35.7 Å². The van der Waals surface area contributed by atoms with Gasteiger partial charge in [-0.05, 0) is 53.9 Å². The van der Waals surface area contributed by atoms with Gasteiger partial charge in [0.05, 0.1) is 19.8 Å². The molecule has 6 heteroatoms. The zero-order valence-corrected chi connectivity index (χ0v) is 17.9. The molecule has 158 valence electrons. The Balaban J connectivity index is 1.58. The Morgan fingerprint density at radius 1 is 0.968 bits per heavy atom. The van der Waals surface area contributed by atoms with Gasteiger partial charge < -0.3 is 19.2 Å². The van der Waals surface area contributed by atoms with Crippen LogP contribution in [0.2, 0.25) is 0 Å². The van der Waals surface area contributed by atoms with Crippen LogP contribution in [0.5, 0.6) is 11.5 Å². The monoisotopic (exact) mass is 416 g/mol. The fraction of sp³-hybridized carbons (Fsp3) is 0.200. The summed E-state index contributed by atoms with van der Waals surface area (Å²) in [4.78, 5) is 17.4. The second-order valence-electron chi connectivity index (χ2n) is 7.50. The van der Waals surface area contributed by atoms with Crippen molar-refractivity contribution in [1.82, 2.24) is 4.98 Å². The molecular weight excluding hydrogens is 392 g/mol. The first kappa shape index (κ1) is 20.5. The Kier molecular flexibility index (Phi) is 5.62. The summed E-state index contributed by atoms with van der Waals surface area (Å²) in [6.45, 7) is 4.32. The lowest BCUT2D eigenvalue weighted by molar-refractivity contribution is 0.102. The van der Waals surface area contributed by atoms with Gasteiger partial charge >= 0.3 is 0 Å². The third kappa shape index (κ3) is 4.23. The molecule has 0 saturated heterocycles. The quantitative estimate of drug-likeness (QED) is 0.424. The summed E-state index contributed by atoms with van der Waals surface area (Å²) in [7, 11) is 3.08. The summed E-state index contributed by atoms with van der Waals surface area (Å²) >= 11 is 0. The van der Waals surface area contributed by atoms with E-state index in [4.69, 9.17) is 13.9 Å². The van der Waals surface area contributed by atoms with Crippen molar-refractivity contribution in [3.63, 3.8) is 0 Å². The first-order valence-corrected chi connectivity index (χ1v) is 10.0. The lowest BCUT2D eigenvalue weighted by Gasteiger charge is -2.10. The number of amides is 1. The molecule has 0 radical (unpaired) electrons. The second-order valence-corrected chi connectivity index (χ2v) is 7.50. The molecular formula is C25H24N2O4. The first-order valence-electron chi connectivity index (χ1n) is 10.0. The Hall–Kier alpha value is -3.80. The highest BCUT2D eigenvalue weighted by Crippen LogP contribution is 2.29. The summed E-state index contributed by atoms with van der Waals surface area (Å²) < 4.78 is 16.4. The number of methoxy groups -OCH3 is 2. The van der Waals surface area contributed by atoms with E-state index in [1.165, 1.54) is 12.7 Å². The van der Waals surface area contributed by atoms with Crippen molar-refractivity contribution in [3.05, 3.63) is 71.8 Å². The maximum absolute atomic E-state index is 12.8. The van der Waals surface area contributed by atoms with Gasteiger partial charge in [-0.2, -0.15) is 0 Å². The number of nitrogens with one attached hydrogen (secondary N) is 1. The van der Waals surface area contributed by atoms with E-state index < -0.39 is 0 Å². The fourth-order valence-corrected chi connectivity index (χ4v) is 3.32. The van der Waals surface area contributed by atoms with E-state index in [9.17, 15) is 4.79 Å². The second kappa shape index (κ2) is 8.52. The predicted octanol–water partition coefficient (Wildman–Crippen LogP) is 5.89. The van der Waals surface area contributed by atoms with Crippen molar-refractivity contribution in [2.24, 2.45) is 0 Å². The SMILES string of the molecule is COc1ccc(C(=O)Nc2ccc3oc(-c4ccc(C(C)C)cc4)nc3c2)c(OC)c1. The van der Waals surface area contributed by atoms with Crippen LogP contribution in [0, 0.1) is 0 Å². The lowest BCUT2D eigenvalue weighted by atomic mass is 10.0. The Morgan fingerprint density at radius 3 is 2.42 bits per heavy atom. The number of nitrogens with zero attached hydrogens (tertiary/aromatic N) is 1. The van der Waals surface area contributed by atoms with Crippen LogP contribution in [0.25, 0.3) is 22.6 Å². The van der Waals surface area contributed by atoms with Gasteiger partial charge in [0.2, 0.25) is 5.89 Å². The van der Waals surface area contributed by atoms with E-state index in [1.54, 1.807) is 43.5 Å². The highest BCUT2D eigenvalue weighted by molar-refractivity contribution is 6.06. The predicted molar refractivity (Wildman–Crippen MR) is 121 cm³/mol. The summed E-state index contributed by atoms with van der Waals surface area (Å²) in [6.07, 6.45) is 0. The number of benzene rings is 3. The van der Waals surface area contributed by atoms with Crippen LogP contribution in [0.4, 0.5) is 5.69 Å². The molecule has 3 aromatic carbocycles. The zero-order chi connectivity index (χ0) is 22.0. The molecule has 0 aliphatic heterocycles. The van der Waals surface area contributed by atoms with E-state index in [-0.39, 0.29) is 5.91 Å². The number of carbonyl (C=O) groups excluding carboxylic acids is 1. The molecule has 0 saturated carbocycles. The minimum absolute atomic E-state index is 0.285. The Labute approximate surface area is 180 Å². The molecule has 0 aliphatic carbocycles. The summed E-state index contributed by atoms with van der Waals surface area (Å²) in [6, 6.07) is 18.6. The minimum Gasteiger partial charge on any atom is -0.497 e. The van der Waals surface area contributed by atoms with E-state index in [0.29, 0.717) is 45.7 Å². The third-order valence-corrected chi connectivity index (χ3v) is 5.12. The average Bonchev–Trinajstić information content (AvgIpc) is 3.22. The number of oxazole rings is 1. The van der Waals surface area contributed by atoms with E-state index in [1.807, 2.05) is 12.1 Å². The van der Waals surface area contributed by atoms with Crippen LogP contribution in [0.15, 0.2) is 65.1 Å². The number of rotatable bonds is 6.